The molecule has 0 aromatic heterocycles. The molecule has 124 valence electrons. The molecule has 0 amide bonds. The fourth-order valence-corrected chi connectivity index (χ4v) is 4.28. The molecular weight excluding hydrogens is 272 g/mol. The number of ketones is 1. The van der Waals surface area contributed by atoms with E-state index >= 15 is 0 Å². The lowest BCUT2D eigenvalue weighted by Gasteiger charge is -2.40. The number of allylic oxidation sites excluding steroid dienone is 4. The Kier molecular flexibility index (Phi) is 5.01. The zero-order valence-electron chi connectivity index (χ0n) is 14.9. The van der Waals surface area contributed by atoms with Gasteiger partial charge in [-0.1, -0.05) is 38.5 Å². The monoisotopic (exact) mass is 304 g/mol. The maximum atomic E-state index is 12.6. The number of carbonyl (C=O) groups excluding carboxylic acids is 1. The van der Waals surface area contributed by atoms with Crippen LogP contribution in [0.1, 0.15) is 73.1 Å². The summed E-state index contributed by atoms with van der Waals surface area (Å²) in [5.41, 5.74) is 1.59. The van der Waals surface area contributed by atoms with E-state index < -0.39 is 5.60 Å². The summed E-state index contributed by atoms with van der Waals surface area (Å²) in [6.07, 6.45) is 9.67. The molecule has 1 N–H and O–H groups in total. The molecule has 2 aliphatic carbocycles. The van der Waals surface area contributed by atoms with Crippen LogP contribution in [0.25, 0.3) is 0 Å². The largest absolute Gasteiger partial charge is 0.389 e. The topological polar surface area (TPSA) is 37.3 Å². The third-order valence-electron chi connectivity index (χ3n) is 6.28. The van der Waals surface area contributed by atoms with E-state index in [-0.39, 0.29) is 23.0 Å². The van der Waals surface area contributed by atoms with Gasteiger partial charge in [0.15, 0.2) is 5.78 Å². The second kappa shape index (κ2) is 6.31. The lowest BCUT2D eigenvalue weighted by molar-refractivity contribution is -0.122. The van der Waals surface area contributed by atoms with Crippen LogP contribution in [0, 0.1) is 17.3 Å². The number of rotatable bonds is 1. The molecule has 1 fully saturated rings. The van der Waals surface area contributed by atoms with Gasteiger partial charge in [0.1, 0.15) is 0 Å². The Bertz CT molecular complexity index is 500. The van der Waals surface area contributed by atoms with Gasteiger partial charge in [-0.05, 0) is 62.9 Å². The highest BCUT2D eigenvalue weighted by molar-refractivity contribution is 5.95. The van der Waals surface area contributed by atoms with Crippen molar-refractivity contribution in [3.8, 4) is 0 Å². The first-order chi connectivity index (χ1) is 10.2. The van der Waals surface area contributed by atoms with Gasteiger partial charge in [0.05, 0.1) is 5.60 Å². The van der Waals surface area contributed by atoms with Crippen LogP contribution in [0.3, 0.4) is 0 Å². The van der Waals surface area contributed by atoms with E-state index in [9.17, 15) is 9.90 Å². The zero-order chi connectivity index (χ0) is 16.5. The summed E-state index contributed by atoms with van der Waals surface area (Å²) in [6.45, 7) is 10.6. The van der Waals surface area contributed by atoms with Gasteiger partial charge in [0.25, 0.3) is 0 Å². The SMILES string of the molecule is CC1=CC[C@]2(C)CC[C@](O)(C(C)C)C2CC(=O)C(C)=CCC1. The maximum Gasteiger partial charge on any atom is 0.158 e. The standard InChI is InChI=1S/C20H32O2/c1-14(2)20(22)12-11-19(5)10-9-15(3)7-6-8-16(4)17(21)13-18(19)20/h8-9,14,18,22H,6-7,10-13H2,1-5H3/t18?,19-,20+/m1/s1. The molecule has 0 bridgehead atoms. The predicted molar refractivity (Wildman–Crippen MR) is 91.6 cm³/mol. The average molecular weight is 304 g/mol. The van der Waals surface area contributed by atoms with Crippen molar-refractivity contribution < 1.29 is 9.90 Å². The Morgan fingerprint density at radius 2 is 1.91 bits per heavy atom. The smallest absolute Gasteiger partial charge is 0.158 e. The van der Waals surface area contributed by atoms with Gasteiger partial charge in [-0.2, -0.15) is 0 Å². The number of fused-ring (bicyclic) bond motifs is 1. The van der Waals surface area contributed by atoms with Crippen LogP contribution in [-0.2, 0) is 4.79 Å². The van der Waals surface area contributed by atoms with Crippen molar-refractivity contribution in [3.63, 3.8) is 0 Å². The van der Waals surface area contributed by atoms with Crippen LogP contribution >= 0.6 is 0 Å². The van der Waals surface area contributed by atoms with Gasteiger partial charge in [-0.3, -0.25) is 4.79 Å². The molecule has 1 saturated carbocycles. The molecule has 2 rings (SSSR count). The molecule has 0 radical (unpaired) electrons. The summed E-state index contributed by atoms with van der Waals surface area (Å²) in [6, 6.07) is 0. The predicted octanol–water partition coefficient (Wildman–Crippen LogP) is 4.83. The molecule has 0 aromatic carbocycles. The van der Waals surface area contributed by atoms with Crippen molar-refractivity contribution in [2.24, 2.45) is 17.3 Å². The first kappa shape index (κ1) is 17.5. The van der Waals surface area contributed by atoms with Crippen LogP contribution in [0.5, 0.6) is 0 Å². The van der Waals surface area contributed by atoms with Gasteiger partial charge in [0, 0.05) is 12.3 Å². The molecule has 0 aromatic rings. The molecule has 22 heavy (non-hydrogen) atoms. The number of carbonyl (C=O) groups is 1. The number of hydrogen-bond acceptors (Lipinski definition) is 2. The van der Waals surface area contributed by atoms with E-state index in [0.717, 1.165) is 37.7 Å². The second-order valence-electron chi connectivity index (χ2n) is 8.16. The average Bonchev–Trinajstić information content (AvgIpc) is 2.70. The Labute approximate surface area is 135 Å². The Morgan fingerprint density at radius 1 is 1.23 bits per heavy atom. The van der Waals surface area contributed by atoms with E-state index in [1.807, 2.05) is 6.92 Å². The molecule has 3 atom stereocenters. The van der Waals surface area contributed by atoms with Crippen molar-refractivity contribution in [3.05, 3.63) is 23.3 Å². The van der Waals surface area contributed by atoms with Crippen LogP contribution < -0.4 is 0 Å². The summed E-state index contributed by atoms with van der Waals surface area (Å²) < 4.78 is 0. The number of hydrogen-bond donors (Lipinski definition) is 1. The lowest BCUT2D eigenvalue weighted by atomic mass is 9.67. The van der Waals surface area contributed by atoms with E-state index in [0.29, 0.717) is 6.42 Å². The first-order valence-electron chi connectivity index (χ1n) is 8.77. The van der Waals surface area contributed by atoms with Crippen LogP contribution in [0.4, 0.5) is 0 Å². The van der Waals surface area contributed by atoms with Crippen molar-refractivity contribution in [2.75, 3.05) is 0 Å². The van der Waals surface area contributed by atoms with Crippen molar-refractivity contribution in [1.82, 2.24) is 0 Å². The highest BCUT2D eigenvalue weighted by Gasteiger charge is 2.55. The fourth-order valence-electron chi connectivity index (χ4n) is 4.28. The van der Waals surface area contributed by atoms with Crippen LogP contribution in [0.15, 0.2) is 23.3 Å². The van der Waals surface area contributed by atoms with Gasteiger partial charge < -0.3 is 5.11 Å². The molecule has 0 heterocycles. The molecule has 2 nitrogen and oxygen atoms in total. The summed E-state index contributed by atoms with van der Waals surface area (Å²) in [5, 5.41) is 11.3. The third kappa shape index (κ3) is 3.22. The van der Waals surface area contributed by atoms with Gasteiger partial charge >= 0.3 is 0 Å². The number of Topliss-reactive ketones (excluding diaryl/α,β-unsaturated/α-hetero) is 1. The van der Waals surface area contributed by atoms with Crippen molar-refractivity contribution in [1.29, 1.82) is 0 Å². The Hall–Kier alpha value is -0.890. The second-order valence-corrected chi connectivity index (χ2v) is 8.16. The quantitative estimate of drug-likeness (QED) is 0.705. The minimum atomic E-state index is -0.708. The molecule has 0 spiro atoms. The molecule has 1 unspecified atom stereocenters. The summed E-state index contributed by atoms with van der Waals surface area (Å²) in [7, 11) is 0. The molecule has 0 aliphatic heterocycles. The van der Waals surface area contributed by atoms with E-state index in [2.05, 4.69) is 39.8 Å². The van der Waals surface area contributed by atoms with Gasteiger partial charge in [-0.25, -0.2) is 0 Å². The van der Waals surface area contributed by atoms with Crippen molar-refractivity contribution in [2.45, 2.75) is 78.7 Å². The Balaban J connectivity index is 2.42. The lowest BCUT2D eigenvalue weighted by Crippen LogP contribution is -2.44. The van der Waals surface area contributed by atoms with Crippen LogP contribution in [-0.4, -0.2) is 16.5 Å². The third-order valence-corrected chi connectivity index (χ3v) is 6.28. The van der Waals surface area contributed by atoms with Crippen molar-refractivity contribution >= 4 is 5.78 Å². The maximum absolute atomic E-state index is 12.6. The van der Waals surface area contributed by atoms with Crippen LogP contribution in [0.2, 0.25) is 0 Å². The number of aliphatic hydroxyl groups is 1. The molecule has 2 heteroatoms. The van der Waals surface area contributed by atoms with E-state index in [1.54, 1.807) is 0 Å². The van der Waals surface area contributed by atoms with Gasteiger partial charge in [-0.15, -0.1) is 0 Å². The fraction of sp³-hybridized carbons (Fsp3) is 0.750. The minimum absolute atomic E-state index is 0.0283. The highest BCUT2D eigenvalue weighted by atomic mass is 16.3. The van der Waals surface area contributed by atoms with E-state index in [4.69, 9.17) is 0 Å². The van der Waals surface area contributed by atoms with E-state index in [1.165, 1.54) is 5.57 Å². The van der Waals surface area contributed by atoms with Gasteiger partial charge in [0.2, 0.25) is 0 Å². The minimum Gasteiger partial charge on any atom is -0.389 e. The zero-order valence-corrected chi connectivity index (χ0v) is 14.9. The molecule has 2 aliphatic rings. The highest BCUT2D eigenvalue weighted by Crippen LogP contribution is 2.56. The molecular formula is C20H32O2. The summed E-state index contributed by atoms with van der Waals surface area (Å²) in [4.78, 5) is 12.6. The summed E-state index contributed by atoms with van der Waals surface area (Å²) >= 11 is 0. The summed E-state index contributed by atoms with van der Waals surface area (Å²) in [5.74, 6) is 0.460. The normalized spacial score (nSPS) is 37.4. The first-order valence-corrected chi connectivity index (χ1v) is 8.77. The molecule has 0 saturated heterocycles. The Morgan fingerprint density at radius 3 is 2.55 bits per heavy atom.